The fourth-order valence-corrected chi connectivity index (χ4v) is 2.64. The van der Waals surface area contributed by atoms with E-state index in [0.29, 0.717) is 12.8 Å². The number of imidazole rings is 2. The third kappa shape index (κ3) is 3.32. The van der Waals surface area contributed by atoms with Crippen molar-refractivity contribution in [1.82, 2.24) is 19.1 Å². The molecular weight excluding hydrogens is 304 g/mol. The Morgan fingerprint density at radius 3 is 1.58 bits per heavy atom. The van der Waals surface area contributed by atoms with E-state index in [-0.39, 0.29) is 11.8 Å². The fraction of sp³-hybridized carbons (Fsp3) is 0.222. The number of hydrogen-bond acceptors (Lipinski definition) is 4. The summed E-state index contributed by atoms with van der Waals surface area (Å²) < 4.78 is 2.95. The molecule has 0 unspecified atom stereocenters. The number of nitrogens with zero attached hydrogens (tertiary/aromatic N) is 4. The highest BCUT2D eigenvalue weighted by molar-refractivity contribution is 5.82. The van der Waals surface area contributed by atoms with Crippen LogP contribution in [0.5, 0.6) is 0 Å². The maximum absolute atomic E-state index is 12.2. The molecule has 0 aliphatic rings. The Balaban J connectivity index is 1.78. The van der Waals surface area contributed by atoms with E-state index in [1.165, 1.54) is 21.8 Å². The molecule has 0 radical (unpaired) electrons. The van der Waals surface area contributed by atoms with Gasteiger partial charge in [0.1, 0.15) is 12.7 Å². The van der Waals surface area contributed by atoms with E-state index in [2.05, 4.69) is 9.97 Å². The van der Waals surface area contributed by atoms with Crippen molar-refractivity contribution in [1.29, 1.82) is 0 Å². The highest BCUT2D eigenvalue weighted by Crippen LogP contribution is 2.18. The van der Waals surface area contributed by atoms with Gasteiger partial charge in [0.2, 0.25) is 11.8 Å². The first-order chi connectivity index (χ1) is 11.5. The van der Waals surface area contributed by atoms with E-state index < -0.39 is 0 Å². The number of carbonyl (C=O) groups is 2. The number of carbonyl (C=O) groups excluding carboxylic acids is 2. The van der Waals surface area contributed by atoms with Gasteiger partial charge in [0.05, 0.1) is 12.8 Å². The summed E-state index contributed by atoms with van der Waals surface area (Å²) >= 11 is 0. The maximum Gasteiger partial charge on any atom is 0.236 e. The molecule has 6 nitrogen and oxygen atoms in total. The number of rotatable bonds is 4. The zero-order chi connectivity index (χ0) is 17.1. The second kappa shape index (κ2) is 6.62. The van der Waals surface area contributed by atoms with Crippen LogP contribution in [0, 0.1) is 13.8 Å². The average Bonchev–Trinajstić information content (AvgIpc) is 3.24. The zero-order valence-corrected chi connectivity index (χ0v) is 13.6. The quantitative estimate of drug-likeness (QED) is 0.740. The molecule has 0 aliphatic heterocycles. The topological polar surface area (TPSA) is 69.8 Å². The first-order valence-electron chi connectivity index (χ1n) is 7.66. The molecule has 24 heavy (non-hydrogen) atoms. The van der Waals surface area contributed by atoms with Gasteiger partial charge in [0.15, 0.2) is 0 Å². The fourth-order valence-electron chi connectivity index (χ4n) is 2.64. The van der Waals surface area contributed by atoms with Crippen LogP contribution in [0.4, 0.5) is 0 Å². The van der Waals surface area contributed by atoms with Crippen LogP contribution in [0.15, 0.2) is 49.6 Å². The number of hydrogen-bond donors (Lipinski definition) is 0. The Bertz CT molecular complexity index is 791. The summed E-state index contributed by atoms with van der Waals surface area (Å²) in [4.78, 5) is 32.2. The lowest BCUT2D eigenvalue weighted by Gasteiger charge is -2.12. The summed E-state index contributed by atoms with van der Waals surface area (Å²) in [6.45, 7) is 3.92. The van der Waals surface area contributed by atoms with Crippen molar-refractivity contribution in [3.63, 3.8) is 0 Å². The number of aryl methyl sites for hydroxylation is 2. The van der Waals surface area contributed by atoms with E-state index >= 15 is 0 Å². The molecule has 0 saturated heterocycles. The standard InChI is InChI=1S/C18H18N4O2/c1-13-7-16(10-18(24)22-6-4-20-12-22)14(2)8-15(13)9-17(23)21-5-3-19-11-21/h3-8,11-12H,9-10H2,1-2H3. The average molecular weight is 322 g/mol. The van der Waals surface area contributed by atoms with Crippen LogP contribution in [0.2, 0.25) is 0 Å². The van der Waals surface area contributed by atoms with Gasteiger partial charge >= 0.3 is 0 Å². The third-order valence-corrected chi connectivity index (χ3v) is 4.06. The molecule has 0 amide bonds. The summed E-state index contributed by atoms with van der Waals surface area (Å²) in [5.74, 6) is -0.0607. The second-order valence-electron chi connectivity index (χ2n) is 5.79. The summed E-state index contributed by atoms with van der Waals surface area (Å²) in [6, 6.07) is 3.97. The van der Waals surface area contributed by atoms with Crippen molar-refractivity contribution in [2.45, 2.75) is 26.7 Å². The minimum Gasteiger partial charge on any atom is -0.276 e. The minimum atomic E-state index is -0.0303. The number of benzene rings is 1. The van der Waals surface area contributed by atoms with Crippen LogP contribution < -0.4 is 0 Å². The Morgan fingerprint density at radius 2 is 1.25 bits per heavy atom. The SMILES string of the molecule is Cc1cc(CC(=O)n2ccnc2)c(C)cc1CC(=O)n1ccnc1. The van der Waals surface area contributed by atoms with Gasteiger partial charge in [-0.25, -0.2) is 9.97 Å². The Labute approximate surface area is 139 Å². The molecule has 1 aromatic carbocycles. The zero-order valence-electron chi connectivity index (χ0n) is 13.6. The molecule has 122 valence electrons. The Kier molecular flexibility index (Phi) is 4.37. The van der Waals surface area contributed by atoms with Gasteiger partial charge in [-0.15, -0.1) is 0 Å². The van der Waals surface area contributed by atoms with Gasteiger partial charge < -0.3 is 0 Å². The van der Waals surface area contributed by atoms with Crippen molar-refractivity contribution < 1.29 is 9.59 Å². The molecule has 3 rings (SSSR count). The second-order valence-corrected chi connectivity index (χ2v) is 5.79. The van der Waals surface area contributed by atoms with Crippen molar-refractivity contribution in [3.8, 4) is 0 Å². The first-order valence-corrected chi connectivity index (χ1v) is 7.66. The van der Waals surface area contributed by atoms with Crippen LogP contribution >= 0.6 is 0 Å². The molecule has 0 N–H and O–H groups in total. The molecule has 0 fully saturated rings. The Morgan fingerprint density at radius 1 is 0.833 bits per heavy atom. The highest BCUT2D eigenvalue weighted by Gasteiger charge is 2.13. The largest absolute Gasteiger partial charge is 0.276 e. The lowest BCUT2D eigenvalue weighted by atomic mass is 9.96. The first kappa shape index (κ1) is 15.9. The molecule has 0 saturated carbocycles. The van der Waals surface area contributed by atoms with Crippen molar-refractivity contribution in [2.75, 3.05) is 0 Å². The van der Waals surface area contributed by atoms with Crippen LogP contribution in [0.3, 0.4) is 0 Å². The van der Waals surface area contributed by atoms with Crippen molar-refractivity contribution in [3.05, 3.63) is 71.8 Å². The molecule has 0 atom stereocenters. The van der Waals surface area contributed by atoms with Gasteiger partial charge in [-0.3, -0.25) is 18.7 Å². The van der Waals surface area contributed by atoms with Crippen LogP contribution in [-0.2, 0) is 12.8 Å². The molecule has 6 heteroatoms. The highest BCUT2D eigenvalue weighted by atomic mass is 16.2. The summed E-state index contributed by atoms with van der Waals surface area (Å²) in [5, 5.41) is 0. The van der Waals surface area contributed by atoms with Crippen molar-refractivity contribution in [2.24, 2.45) is 0 Å². The normalized spacial score (nSPS) is 10.8. The number of aromatic nitrogens is 4. The third-order valence-electron chi connectivity index (χ3n) is 4.06. The summed E-state index contributed by atoms with van der Waals surface area (Å²) in [7, 11) is 0. The molecule has 2 aromatic heterocycles. The van der Waals surface area contributed by atoms with Crippen LogP contribution in [0.25, 0.3) is 0 Å². The summed E-state index contributed by atoms with van der Waals surface area (Å²) in [5.41, 5.74) is 3.93. The van der Waals surface area contributed by atoms with Gasteiger partial charge in [0.25, 0.3) is 0 Å². The van der Waals surface area contributed by atoms with E-state index in [9.17, 15) is 9.59 Å². The lowest BCUT2D eigenvalue weighted by molar-refractivity contribution is 0.0904. The van der Waals surface area contributed by atoms with Gasteiger partial charge in [-0.05, 0) is 36.1 Å². The maximum atomic E-state index is 12.2. The molecular formula is C18H18N4O2. The smallest absolute Gasteiger partial charge is 0.236 e. The minimum absolute atomic E-state index is 0.0303. The van der Waals surface area contributed by atoms with E-state index in [1.807, 2.05) is 26.0 Å². The lowest BCUT2D eigenvalue weighted by Crippen LogP contribution is -2.14. The summed E-state index contributed by atoms with van der Waals surface area (Å²) in [6.07, 6.45) is 10.1. The van der Waals surface area contributed by atoms with Gasteiger partial charge in [0, 0.05) is 24.8 Å². The van der Waals surface area contributed by atoms with Gasteiger partial charge in [-0.1, -0.05) is 12.1 Å². The molecule has 2 heterocycles. The van der Waals surface area contributed by atoms with Crippen molar-refractivity contribution >= 4 is 11.8 Å². The Hall–Kier alpha value is -3.02. The van der Waals surface area contributed by atoms with Crippen LogP contribution in [-0.4, -0.2) is 30.9 Å². The predicted octanol–water partition coefficient (Wildman–Crippen LogP) is 2.46. The van der Waals surface area contributed by atoms with Crippen LogP contribution in [0.1, 0.15) is 31.8 Å². The van der Waals surface area contributed by atoms with Gasteiger partial charge in [-0.2, -0.15) is 0 Å². The molecule has 3 aromatic rings. The molecule has 0 aliphatic carbocycles. The van der Waals surface area contributed by atoms with E-state index in [4.69, 9.17) is 0 Å². The van der Waals surface area contributed by atoms with E-state index in [1.54, 1.807) is 24.8 Å². The monoisotopic (exact) mass is 322 g/mol. The predicted molar refractivity (Wildman–Crippen MR) is 89.0 cm³/mol. The molecule has 0 spiro atoms. The molecule has 0 bridgehead atoms. The van der Waals surface area contributed by atoms with E-state index in [0.717, 1.165) is 22.3 Å².